The van der Waals surface area contributed by atoms with Gasteiger partial charge in [-0.15, -0.1) is 0 Å². The van der Waals surface area contributed by atoms with Gasteiger partial charge in [0.25, 0.3) is 0 Å². The summed E-state index contributed by atoms with van der Waals surface area (Å²) in [5, 5.41) is 9.83. The standard InChI is InChI=1S/C26H23Cl2N3/c27-21-15-9-16-22(24(21)28)31-26-20(14-7-8-17-29-26)25(30-31)23(18-10-3-1-4-11-18)19-12-5-2-6-13-19/h1-6,9-13,15-16,23,29H,7-8,14,17H2. The topological polar surface area (TPSA) is 29.9 Å². The molecule has 0 fully saturated rings. The summed E-state index contributed by atoms with van der Waals surface area (Å²) in [5.74, 6) is 1.06. The highest BCUT2D eigenvalue weighted by Crippen LogP contribution is 2.40. The number of nitrogens with zero attached hydrogens (tertiary/aromatic N) is 2. The lowest BCUT2D eigenvalue weighted by molar-refractivity contribution is 0.755. The van der Waals surface area contributed by atoms with Gasteiger partial charge in [0.15, 0.2) is 0 Å². The molecule has 0 radical (unpaired) electrons. The van der Waals surface area contributed by atoms with Crippen LogP contribution in [-0.2, 0) is 6.42 Å². The molecule has 5 heteroatoms. The second-order valence-corrected chi connectivity index (χ2v) is 8.62. The van der Waals surface area contributed by atoms with Crippen LogP contribution in [0.3, 0.4) is 0 Å². The molecule has 0 spiro atoms. The molecule has 0 bridgehead atoms. The van der Waals surface area contributed by atoms with E-state index in [0.717, 1.165) is 43.0 Å². The molecule has 0 aliphatic carbocycles. The van der Waals surface area contributed by atoms with Crippen molar-refractivity contribution in [3.8, 4) is 5.69 Å². The normalized spacial score (nSPS) is 13.5. The predicted molar refractivity (Wildman–Crippen MR) is 129 cm³/mol. The average Bonchev–Trinajstić information content (AvgIpc) is 2.98. The van der Waals surface area contributed by atoms with Crippen LogP contribution in [0.5, 0.6) is 0 Å². The molecule has 156 valence electrons. The highest BCUT2D eigenvalue weighted by molar-refractivity contribution is 6.43. The van der Waals surface area contributed by atoms with E-state index in [1.807, 2.05) is 16.8 Å². The van der Waals surface area contributed by atoms with E-state index >= 15 is 0 Å². The van der Waals surface area contributed by atoms with Gasteiger partial charge >= 0.3 is 0 Å². The third kappa shape index (κ3) is 3.84. The van der Waals surface area contributed by atoms with Crippen molar-refractivity contribution in [2.24, 2.45) is 0 Å². The Balaban J connectivity index is 1.76. The molecule has 0 unspecified atom stereocenters. The molecule has 1 N–H and O–H groups in total. The zero-order valence-corrected chi connectivity index (χ0v) is 18.6. The van der Waals surface area contributed by atoms with E-state index in [2.05, 4.69) is 66.0 Å². The van der Waals surface area contributed by atoms with Crippen molar-refractivity contribution in [3.05, 3.63) is 111 Å². The molecule has 4 aromatic rings. The van der Waals surface area contributed by atoms with Crippen LogP contribution in [0.2, 0.25) is 10.0 Å². The highest BCUT2D eigenvalue weighted by atomic mass is 35.5. The fraction of sp³-hybridized carbons (Fsp3) is 0.192. The number of rotatable bonds is 4. The molecular formula is C26H23Cl2N3. The smallest absolute Gasteiger partial charge is 0.133 e. The second kappa shape index (κ2) is 8.78. The van der Waals surface area contributed by atoms with Gasteiger partial charge in [-0.2, -0.15) is 5.10 Å². The quantitative estimate of drug-likeness (QED) is 0.361. The monoisotopic (exact) mass is 447 g/mol. The Morgan fingerprint density at radius 1 is 0.806 bits per heavy atom. The van der Waals surface area contributed by atoms with Crippen LogP contribution in [0.25, 0.3) is 5.69 Å². The van der Waals surface area contributed by atoms with Crippen LogP contribution in [0.1, 0.15) is 41.1 Å². The largest absolute Gasteiger partial charge is 0.370 e. The van der Waals surface area contributed by atoms with Crippen LogP contribution in [0, 0.1) is 0 Å². The molecule has 3 aromatic carbocycles. The van der Waals surface area contributed by atoms with E-state index in [-0.39, 0.29) is 5.92 Å². The zero-order valence-electron chi connectivity index (χ0n) is 17.1. The van der Waals surface area contributed by atoms with E-state index in [1.165, 1.54) is 16.7 Å². The SMILES string of the molecule is Clc1cccc(-n2nc(C(c3ccccc3)c3ccccc3)c3c2NCCCC3)c1Cl. The van der Waals surface area contributed by atoms with Crippen LogP contribution in [0.4, 0.5) is 5.82 Å². The summed E-state index contributed by atoms with van der Waals surface area (Å²) < 4.78 is 1.95. The molecule has 0 amide bonds. The maximum atomic E-state index is 6.61. The molecule has 1 aliphatic heterocycles. The fourth-order valence-electron chi connectivity index (χ4n) is 4.39. The number of aromatic nitrogens is 2. The molecule has 0 atom stereocenters. The number of benzene rings is 3. The summed E-state index contributed by atoms with van der Waals surface area (Å²) in [4.78, 5) is 0. The second-order valence-electron chi connectivity index (χ2n) is 7.84. The minimum atomic E-state index is 0.0373. The van der Waals surface area contributed by atoms with Crippen LogP contribution in [-0.4, -0.2) is 16.3 Å². The predicted octanol–water partition coefficient (Wildman–Crippen LogP) is 7.11. The van der Waals surface area contributed by atoms with Gasteiger partial charge in [-0.3, -0.25) is 0 Å². The summed E-state index contributed by atoms with van der Waals surface area (Å²) >= 11 is 13.0. The first kappa shape index (κ1) is 20.2. The number of nitrogens with one attached hydrogen (secondary N) is 1. The molecular weight excluding hydrogens is 425 g/mol. The molecule has 0 saturated heterocycles. The minimum absolute atomic E-state index is 0.0373. The lowest BCUT2D eigenvalue weighted by atomic mass is 9.86. The van der Waals surface area contributed by atoms with Crippen molar-refractivity contribution >= 4 is 29.0 Å². The van der Waals surface area contributed by atoms with Gasteiger partial charge < -0.3 is 5.32 Å². The summed E-state index contributed by atoms with van der Waals surface area (Å²) in [6.07, 6.45) is 3.23. The Labute approximate surface area is 192 Å². The number of hydrogen-bond donors (Lipinski definition) is 1. The Morgan fingerprint density at radius 3 is 2.16 bits per heavy atom. The Bertz CT molecular complexity index is 1150. The summed E-state index contributed by atoms with van der Waals surface area (Å²) in [6, 6.07) is 26.9. The Kier molecular flexibility index (Phi) is 5.71. The van der Waals surface area contributed by atoms with Gasteiger partial charge in [-0.1, -0.05) is 89.9 Å². The molecule has 5 rings (SSSR count). The van der Waals surface area contributed by atoms with Crippen molar-refractivity contribution in [1.82, 2.24) is 9.78 Å². The number of fused-ring (bicyclic) bond motifs is 1. The van der Waals surface area contributed by atoms with Crippen molar-refractivity contribution in [2.75, 3.05) is 11.9 Å². The molecule has 2 heterocycles. The van der Waals surface area contributed by atoms with Gasteiger partial charge in [0.05, 0.1) is 27.3 Å². The van der Waals surface area contributed by atoms with Gasteiger partial charge in [0.2, 0.25) is 0 Å². The summed E-state index contributed by atoms with van der Waals surface area (Å²) in [5.41, 5.74) is 5.57. The van der Waals surface area contributed by atoms with Crippen molar-refractivity contribution < 1.29 is 0 Å². The van der Waals surface area contributed by atoms with Gasteiger partial charge in [-0.25, -0.2) is 4.68 Å². The van der Waals surface area contributed by atoms with Gasteiger partial charge in [-0.05, 0) is 42.5 Å². The molecule has 1 aromatic heterocycles. The fourth-order valence-corrected chi connectivity index (χ4v) is 4.77. The first-order valence-corrected chi connectivity index (χ1v) is 11.4. The highest BCUT2D eigenvalue weighted by Gasteiger charge is 2.29. The molecule has 0 saturated carbocycles. The molecule has 1 aliphatic rings. The number of halogens is 2. The lowest BCUT2D eigenvalue weighted by Crippen LogP contribution is -2.08. The summed E-state index contributed by atoms with van der Waals surface area (Å²) in [6.45, 7) is 0.914. The van der Waals surface area contributed by atoms with E-state index in [4.69, 9.17) is 28.3 Å². The Morgan fingerprint density at radius 2 is 1.48 bits per heavy atom. The van der Waals surface area contributed by atoms with Crippen LogP contribution in [0.15, 0.2) is 78.9 Å². The van der Waals surface area contributed by atoms with Gasteiger partial charge in [0.1, 0.15) is 5.82 Å². The Hall–Kier alpha value is -2.75. The molecule has 3 nitrogen and oxygen atoms in total. The molecule has 31 heavy (non-hydrogen) atoms. The van der Waals surface area contributed by atoms with E-state index in [9.17, 15) is 0 Å². The van der Waals surface area contributed by atoms with Crippen LogP contribution >= 0.6 is 23.2 Å². The van der Waals surface area contributed by atoms with Crippen molar-refractivity contribution in [2.45, 2.75) is 25.2 Å². The first-order chi connectivity index (χ1) is 15.2. The van der Waals surface area contributed by atoms with Crippen LogP contribution < -0.4 is 5.32 Å². The summed E-state index contributed by atoms with van der Waals surface area (Å²) in [7, 11) is 0. The van der Waals surface area contributed by atoms with Crippen molar-refractivity contribution in [1.29, 1.82) is 0 Å². The lowest BCUT2D eigenvalue weighted by Gasteiger charge is -2.18. The van der Waals surface area contributed by atoms with E-state index in [1.54, 1.807) is 6.07 Å². The third-order valence-electron chi connectivity index (χ3n) is 5.86. The number of hydrogen-bond acceptors (Lipinski definition) is 2. The van der Waals surface area contributed by atoms with Gasteiger partial charge in [0, 0.05) is 12.1 Å². The maximum Gasteiger partial charge on any atom is 0.133 e. The minimum Gasteiger partial charge on any atom is -0.370 e. The third-order valence-corrected chi connectivity index (χ3v) is 6.67. The average molecular weight is 448 g/mol. The first-order valence-electron chi connectivity index (χ1n) is 10.6. The maximum absolute atomic E-state index is 6.61. The van der Waals surface area contributed by atoms with E-state index < -0.39 is 0 Å². The zero-order chi connectivity index (χ0) is 21.2. The number of anilines is 1. The van der Waals surface area contributed by atoms with Crippen molar-refractivity contribution in [3.63, 3.8) is 0 Å². The van der Waals surface area contributed by atoms with E-state index in [0.29, 0.717) is 10.0 Å².